The van der Waals surface area contributed by atoms with Crippen molar-refractivity contribution in [2.45, 2.75) is 0 Å². The molecular formula is H9AlCuSiSr. The molecule has 0 rings (SSSR count). The predicted molar refractivity (Wildman–Crippen MR) is 29.8 cm³/mol. The quantitative estimate of drug-likeness (QED) is 0.367. The summed E-state index contributed by atoms with van der Waals surface area (Å²) < 4.78 is 0. The monoisotopic (exact) mass is 215 g/mol. The number of hydrogen-bond acceptors (Lipinski definition) is 0. The van der Waals surface area contributed by atoms with Gasteiger partial charge < -0.3 is 0 Å². The van der Waals surface area contributed by atoms with E-state index in [1.54, 1.807) is 0 Å². The van der Waals surface area contributed by atoms with Gasteiger partial charge in [-0.2, -0.15) is 0 Å². The van der Waals surface area contributed by atoms with Gasteiger partial charge >= 0.3 is 45.5 Å². The van der Waals surface area contributed by atoms with Crippen molar-refractivity contribution in [2.24, 2.45) is 0 Å². The molecule has 0 saturated carbocycles. The fourth-order valence-corrected chi connectivity index (χ4v) is 0. The summed E-state index contributed by atoms with van der Waals surface area (Å²) in [5.74, 6) is 0. The standard InChI is InChI=1S/Al.Cu.H4Si.Sr.5H/h;;1H4;;;;;;. The van der Waals surface area contributed by atoms with Gasteiger partial charge in [0.25, 0.3) is 0 Å². The summed E-state index contributed by atoms with van der Waals surface area (Å²) in [6.45, 7) is 0. The molecular weight excluding hydrogens is 206 g/mol. The second-order valence-electron chi connectivity index (χ2n) is 0. The molecule has 0 amide bonds. The summed E-state index contributed by atoms with van der Waals surface area (Å²) in [6.07, 6.45) is 0. The third kappa shape index (κ3) is 8.83. The zero-order valence-corrected chi connectivity index (χ0v) is 1.24. The molecule has 0 aliphatic carbocycles. The van der Waals surface area contributed by atoms with E-state index < -0.39 is 0 Å². The van der Waals surface area contributed by atoms with Gasteiger partial charge in [-0.1, -0.05) is 0 Å². The maximum absolute atomic E-state index is 0. The van der Waals surface area contributed by atoms with Gasteiger partial charge in [0, 0.05) is 17.1 Å². The van der Waals surface area contributed by atoms with E-state index in [-0.39, 0.29) is 90.9 Å². The van der Waals surface area contributed by atoms with E-state index >= 15 is 0 Å². The number of hydrogen-bond donors (Lipinski definition) is 0. The first-order valence-electron chi connectivity index (χ1n) is 0. The van der Waals surface area contributed by atoms with Gasteiger partial charge in [-0.05, 0) is 11.0 Å². The Balaban J connectivity index is 0. The van der Waals surface area contributed by atoms with E-state index in [1.807, 2.05) is 0 Å². The molecule has 0 saturated heterocycles. The van der Waals surface area contributed by atoms with Crippen LogP contribution in [0.15, 0.2) is 0 Å². The van der Waals surface area contributed by atoms with Crippen LogP contribution >= 0.6 is 0 Å². The first-order valence-corrected chi connectivity index (χ1v) is 0. The summed E-state index contributed by atoms with van der Waals surface area (Å²) in [6, 6.07) is 0. The van der Waals surface area contributed by atoms with E-state index in [0.717, 1.165) is 0 Å². The van der Waals surface area contributed by atoms with Crippen LogP contribution in [0.1, 0.15) is 0 Å². The average Bonchev–Trinajstić information content (AvgIpc) is 0. The van der Waals surface area contributed by atoms with Crippen LogP contribution in [0.25, 0.3) is 0 Å². The summed E-state index contributed by atoms with van der Waals surface area (Å²) in [4.78, 5) is 0. The van der Waals surface area contributed by atoms with Crippen LogP contribution < -0.4 is 0 Å². The van der Waals surface area contributed by atoms with Crippen LogP contribution in [0.4, 0.5) is 0 Å². The van der Waals surface area contributed by atoms with E-state index in [1.165, 1.54) is 0 Å². The van der Waals surface area contributed by atoms with E-state index in [9.17, 15) is 0 Å². The van der Waals surface area contributed by atoms with Gasteiger partial charge in [-0.15, -0.1) is 0 Å². The van der Waals surface area contributed by atoms with E-state index in [0.29, 0.717) is 0 Å². The molecule has 0 atom stereocenters. The van der Waals surface area contributed by atoms with Crippen molar-refractivity contribution in [3.8, 4) is 0 Å². The van der Waals surface area contributed by atoms with Gasteiger partial charge in [-0.25, -0.2) is 0 Å². The topological polar surface area (TPSA) is 0 Å². The van der Waals surface area contributed by atoms with Crippen molar-refractivity contribution in [1.29, 1.82) is 0 Å². The van der Waals surface area contributed by atoms with Crippen molar-refractivity contribution < 1.29 is 17.1 Å². The Hall–Kier alpha value is 2.75. The molecule has 4 heteroatoms. The second-order valence-corrected chi connectivity index (χ2v) is 0. The van der Waals surface area contributed by atoms with Crippen molar-refractivity contribution in [2.75, 3.05) is 0 Å². The van der Waals surface area contributed by atoms with Crippen LogP contribution in [-0.4, -0.2) is 73.8 Å². The van der Waals surface area contributed by atoms with Crippen molar-refractivity contribution in [1.82, 2.24) is 0 Å². The molecule has 29 valence electrons. The van der Waals surface area contributed by atoms with Crippen LogP contribution in [0.5, 0.6) is 0 Å². The molecule has 0 heterocycles. The molecule has 4 heavy (non-hydrogen) atoms. The van der Waals surface area contributed by atoms with E-state index in [4.69, 9.17) is 0 Å². The fraction of sp³-hybridized carbons (Fsp3) is 0. The predicted octanol–water partition coefficient (Wildman–Crippen LogP) is -3.55. The Kier molecular flexibility index (Phi) is 127. The van der Waals surface area contributed by atoms with E-state index in [2.05, 4.69) is 0 Å². The normalized spacial score (nSPS) is 0. The minimum absolute atomic E-state index is 0. The third-order valence-electron chi connectivity index (χ3n) is 0. The van der Waals surface area contributed by atoms with Crippen LogP contribution in [-0.2, 0) is 17.1 Å². The maximum atomic E-state index is 0. The molecule has 1 radical (unpaired) electrons. The third-order valence-corrected chi connectivity index (χ3v) is 0. The fourth-order valence-electron chi connectivity index (χ4n) is 0. The Labute approximate surface area is 89.0 Å². The average molecular weight is 215 g/mol. The van der Waals surface area contributed by atoms with Crippen LogP contribution in [0.2, 0.25) is 0 Å². The Morgan fingerprint density at radius 1 is 1.00 bits per heavy atom. The molecule has 0 fully saturated rings. The molecule has 0 aliphatic heterocycles. The number of rotatable bonds is 0. The summed E-state index contributed by atoms with van der Waals surface area (Å²) in [5, 5.41) is 0. The zero-order valence-electron chi connectivity index (χ0n) is 0.302. The first-order chi connectivity index (χ1) is 0. The van der Waals surface area contributed by atoms with Gasteiger partial charge in [0.15, 0.2) is 17.4 Å². The second kappa shape index (κ2) is 17.2. The summed E-state index contributed by atoms with van der Waals surface area (Å²) in [5.41, 5.74) is 0. The zero-order chi connectivity index (χ0) is 0. The van der Waals surface area contributed by atoms with Gasteiger partial charge in [-0.3, -0.25) is 0 Å². The Morgan fingerprint density at radius 2 is 1.00 bits per heavy atom. The van der Waals surface area contributed by atoms with Crippen LogP contribution in [0, 0.1) is 0 Å². The Morgan fingerprint density at radius 3 is 1.00 bits per heavy atom. The summed E-state index contributed by atoms with van der Waals surface area (Å²) in [7, 11) is 0. The Bertz CT molecular complexity index is 8.00. The van der Waals surface area contributed by atoms with Crippen molar-refractivity contribution >= 4 is 73.8 Å². The molecule has 0 aromatic heterocycles. The van der Waals surface area contributed by atoms with Crippen molar-refractivity contribution in [3.63, 3.8) is 0 Å². The molecule has 0 bridgehead atoms. The molecule has 0 N–H and O–H groups in total. The summed E-state index contributed by atoms with van der Waals surface area (Å²) >= 11 is 0. The van der Waals surface area contributed by atoms with Crippen LogP contribution in [0.3, 0.4) is 0 Å². The first kappa shape index (κ1) is 29.5. The molecule has 0 spiro atoms. The van der Waals surface area contributed by atoms with Gasteiger partial charge in [0.1, 0.15) is 0 Å². The molecule has 0 unspecified atom stereocenters. The van der Waals surface area contributed by atoms with Gasteiger partial charge in [0.2, 0.25) is 0 Å². The molecule has 0 aliphatic rings. The van der Waals surface area contributed by atoms with Gasteiger partial charge in [0.05, 0.1) is 0 Å². The minimum atomic E-state index is 0. The van der Waals surface area contributed by atoms with Crippen molar-refractivity contribution in [3.05, 3.63) is 0 Å². The molecule has 0 aromatic rings. The molecule has 0 aromatic carbocycles. The molecule has 0 nitrogen and oxygen atoms in total. The SMILES string of the molecule is [AlH3].[Cu].[SiH4].[SrH2].